The van der Waals surface area contributed by atoms with Crippen LogP contribution in [0.25, 0.3) is 0 Å². The molecule has 1 unspecified atom stereocenters. The van der Waals surface area contributed by atoms with Gasteiger partial charge in [-0.15, -0.1) is 5.10 Å². The average molecular weight is 277 g/mol. The van der Waals surface area contributed by atoms with Crippen molar-refractivity contribution in [1.29, 1.82) is 0 Å². The summed E-state index contributed by atoms with van der Waals surface area (Å²) in [6, 6.07) is 0. The number of amides is 1. The molecule has 1 aliphatic heterocycles. The van der Waals surface area contributed by atoms with Gasteiger partial charge in [-0.05, 0) is 31.8 Å². The molecule has 1 fully saturated rings. The number of hydrogen-bond donors (Lipinski definition) is 3. The van der Waals surface area contributed by atoms with Crippen molar-refractivity contribution < 1.29 is 18.0 Å². The van der Waals surface area contributed by atoms with Crippen molar-refractivity contribution in [2.75, 3.05) is 18.4 Å². The minimum atomic E-state index is -4.59. The first-order chi connectivity index (χ1) is 8.95. The number of aromatic nitrogens is 3. The number of nitrogens with zero attached hydrogens (tertiary/aromatic N) is 2. The van der Waals surface area contributed by atoms with E-state index in [1.165, 1.54) is 0 Å². The topological polar surface area (TPSA) is 82.7 Å². The van der Waals surface area contributed by atoms with E-state index in [9.17, 15) is 18.0 Å². The van der Waals surface area contributed by atoms with Crippen molar-refractivity contribution in [2.24, 2.45) is 5.92 Å². The Labute approximate surface area is 107 Å². The number of hydrogen-bond acceptors (Lipinski definition) is 4. The third-order valence-corrected chi connectivity index (χ3v) is 2.95. The van der Waals surface area contributed by atoms with Crippen LogP contribution in [0.1, 0.15) is 25.1 Å². The normalized spacial score (nSPS) is 19.6. The fraction of sp³-hybridized carbons (Fsp3) is 0.700. The molecule has 2 heterocycles. The molecule has 6 nitrogen and oxygen atoms in total. The van der Waals surface area contributed by atoms with E-state index in [0.717, 1.165) is 19.5 Å². The lowest BCUT2D eigenvalue weighted by molar-refractivity contribution is -0.144. The number of halogens is 3. The Morgan fingerprint density at radius 3 is 2.84 bits per heavy atom. The molecular formula is C10H14F3N5O. The summed E-state index contributed by atoms with van der Waals surface area (Å²) in [5, 5.41) is 10.5. The van der Waals surface area contributed by atoms with Gasteiger partial charge in [-0.1, -0.05) is 0 Å². The van der Waals surface area contributed by atoms with Crippen LogP contribution < -0.4 is 10.6 Å². The first-order valence-corrected chi connectivity index (χ1v) is 5.95. The zero-order valence-corrected chi connectivity index (χ0v) is 10.0. The summed E-state index contributed by atoms with van der Waals surface area (Å²) < 4.78 is 36.7. The van der Waals surface area contributed by atoms with E-state index in [2.05, 4.69) is 20.7 Å². The molecule has 0 saturated carbocycles. The Balaban J connectivity index is 1.80. The standard InChI is InChI=1S/C10H14F3N5O/c11-10(12,13)8-16-9(18-17-8)15-7(19)2-1-6-3-4-14-5-6/h6,14H,1-5H2,(H2,15,16,17,18,19). The zero-order chi connectivity index (χ0) is 13.9. The molecule has 9 heteroatoms. The molecule has 1 aliphatic rings. The van der Waals surface area contributed by atoms with E-state index < -0.39 is 12.0 Å². The largest absolute Gasteiger partial charge is 0.451 e. The van der Waals surface area contributed by atoms with Crippen molar-refractivity contribution >= 4 is 11.9 Å². The Morgan fingerprint density at radius 2 is 2.26 bits per heavy atom. The van der Waals surface area contributed by atoms with E-state index >= 15 is 0 Å². The molecule has 19 heavy (non-hydrogen) atoms. The van der Waals surface area contributed by atoms with Crippen LogP contribution in [-0.2, 0) is 11.0 Å². The first kappa shape index (κ1) is 13.8. The number of carbonyl (C=O) groups is 1. The summed E-state index contributed by atoms with van der Waals surface area (Å²) in [6.45, 7) is 1.83. The third kappa shape index (κ3) is 3.91. The van der Waals surface area contributed by atoms with Gasteiger partial charge < -0.3 is 5.32 Å². The van der Waals surface area contributed by atoms with Crippen LogP contribution in [0.15, 0.2) is 0 Å². The number of anilines is 1. The maximum Gasteiger partial charge on any atom is 0.451 e. The Bertz CT molecular complexity index is 439. The predicted molar refractivity (Wildman–Crippen MR) is 60.2 cm³/mol. The number of H-pyrrole nitrogens is 1. The number of nitrogens with one attached hydrogen (secondary N) is 3. The molecule has 1 amide bonds. The van der Waals surface area contributed by atoms with Crippen molar-refractivity contribution in [1.82, 2.24) is 20.5 Å². The van der Waals surface area contributed by atoms with Crippen LogP contribution in [0.3, 0.4) is 0 Å². The van der Waals surface area contributed by atoms with E-state index in [1.54, 1.807) is 5.10 Å². The molecule has 1 atom stereocenters. The lowest BCUT2D eigenvalue weighted by atomic mass is 10.0. The van der Waals surface area contributed by atoms with Crippen molar-refractivity contribution in [3.63, 3.8) is 0 Å². The minimum absolute atomic E-state index is 0.252. The SMILES string of the molecule is O=C(CCC1CCNC1)Nc1n[nH]c(C(F)(F)F)n1. The second-order valence-corrected chi connectivity index (χ2v) is 4.45. The van der Waals surface area contributed by atoms with Gasteiger partial charge in [0.15, 0.2) is 0 Å². The summed E-state index contributed by atoms with van der Waals surface area (Å²) >= 11 is 0. The monoisotopic (exact) mass is 277 g/mol. The second-order valence-electron chi connectivity index (χ2n) is 4.45. The van der Waals surface area contributed by atoms with Gasteiger partial charge in [0.05, 0.1) is 0 Å². The maximum absolute atomic E-state index is 12.2. The summed E-state index contributed by atoms with van der Waals surface area (Å²) in [5.74, 6) is -1.49. The van der Waals surface area contributed by atoms with Gasteiger partial charge >= 0.3 is 6.18 Å². The van der Waals surface area contributed by atoms with Gasteiger partial charge in [0.2, 0.25) is 17.7 Å². The molecule has 1 aromatic rings. The van der Waals surface area contributed by atoms with E-state index in [-0.39, 0.29) is 18.3 Å². The first-order valence-electron chi connectivity index (χ1n) is 5.95. The van der Waals surface area contributed by atoms with E-state index in [0.29, 0.717) is 12.3 Å². The number of carbonyl (C=O) groups excluding carboxylic acids is 1. The molecule has 2 rings (SSSR count). The lowest BCUT2D eigenvalue weighted by Crippen LogP contribution is -2.16. The quantitative estimate of drug-likeness (QED) is 0.771. The van der Waals surface area contributed by atoms with Crippen molar-refractivity contribution in [3.05, 3.63) is 5.82 Å². The summed E-state index contributed by atoms with van der Waals surface area (Å²) in [6.07, 6.45) is -2.62. The van der Waals surface area contributed by atoms with Gasteiger partial charge in [0.1, 0.15) is 0 Å². The lowest BCUT2D eigenvalue weighted by Gasteiger charge is -2.06. The minimum Gasteiger partial charge on any atom is -0.316 e. The highest BCUT2D eigenvalue weighted by molar-refractivity contribution is 5.88. The molecule has 1 aromatic heterocycles. The Morgan fingerprint density at radius 1 is 1.47 bits per heavy atom. The zero-order valence-electron chi connectivity index (χ0n) is 10.0. The Kier molecular flexibility index (Phi) is 4.03. The van der Waals surface area contributed by atoms with Crippen molar-refractivity contribution in [3.8, 4) is 0 Å². The van der Waals surface area contributed by atoms with Crippen LogP contribution in [0.2, 0.25) is 0 Å². The number of aromatic amines is 1. The van der Waals surface area contributed by atoms with Gasteiger partial charge in [0.25, 0.3) is 0 Å². The molecule has 106 valence electrons. The van der Waals surface area contributed by atoms with Gasteiger partial charge in [0, 0.05) is 6.42 Å². The molecule has 0 aromatic carbocycles. The van der Waals surface area contributed by atoms with Crippen LogP contribution in [0.5, 0.6) is 0 Å². The molecule has 1 saturated heterocycles. The number of rotatable bonds is 4. The highest BCUT2D eigenvalue weighted by atomic mass is 19.4. The smallest absolute Gasteiger partial charge is 0.316 e. The fourth-order valence-corrected chi connectivity index (χ4v) is 1.93. The molecule has 3 N–H and O–H groups in total. The molecular weight excluding hydrogens is 263 g/mol. The second kappa shape index (κ2) is 5.55. The Hall–Kier alpha value is -1.64. The predicted octanol–water partition coefficient (Wildman–Crippen LogP) is 1.15. The van der Waals surface area contributed by atoms with Gasteiger partial charge in [-0.25, -0.2) is 0 Å². The fourth-order valence-electron chi connectivity index (χ4n) is 1.93. The third-order valence-electron chi connectivity index (χ3n) is 2.95. The van der Waals surface area contributed by atoms with Crippen LogP contribution in [-0.4, -0.2) is 34.2 Å². The summed E-state index contributed by atoms with van der Waals surface area (Å²) in [4.78, 5) is 14.7. The van der Waals surface area contributed by atoms with Crippen molar-refractivity contribution in [2.45, 2.75) is 25.4 Å². The maximum atomic E-state index is 12.2. The average Bonchev–Trinajstić information content (AvgIpc) is 2.95. The molecule has 0 bridgehead atoms. The van der Waals surface area contributed by atoms with E-state index in [4.69, 9.17) is 0 Å². The van der Waals surface area contributed by atoms with Crippen LogP contribution in [0.4, 0.5) is 19.1 Å². The van der Waals surface area contributed by atoms with Crippen LogP contribution in [0, 0.1) is 5.92 Å². The molecule has 0 aliphatic carbocycles. The van der Waals surface area contributed by atoms with E-state index in [1.807, 2.05) is 0 Å². The van der Waals surface area contributed by atoms with Gasteiger partial charge in [-0.2, -0.15) is 18.2 Å². The molecule has 0 spiro atoms. The highest BCUT2D eigenvalue weighted by Crippen LogP contribution is 2.26. The summed E-state index contributed by atoms with van der Waals surface area (Å²) in [5.41, 5.74) is 0. The van der Waals surface area contributed by atoms with Crippen LogP contribution >= 0.6 is 0 Å². The number of alkyl halides is 3. The summed E-state index contributed by atoms with van der Waals surface area (Å²) in [7, 11) is 0. The highest BCUT2D eigenvalue weighted by Gasteiger charge is 2.35. The van der Waals surface area contributed by atoms with Gasteiger partial charge in [-0.3, -0.25) is 15.2 Å². The molecule has 0 radical (unpaired) electrons.